The number of para-hydroxylation sites is 1. The number of benzene rings is 1. The molecule has 1 amide bonds. The Bertz CT molecular complexity index is 418. The first-order valence-electron chi connectivity index (χ1n) is 5.69. The van der Waals surface area contributed by atoms with Gasteiger partial charge < -0.3 is 15.2 Å². The summed E-state index contributed by atoms with van der Waals surface area (Å²) in [4.78, 5) is 11.6. The van der Waals surface area contributed by atoms with Crippen molar-refractivity contribution in [1.29, 1.82) is 0 Å². The molecule has 4 nitrogen and oxygen atoms in total. The fraction of sp³-hybridized carbons (Fsp3) is 0.462. The van der Waals surface area contributed by atoms with Crippen LogP contribution in [0.25, 0.3) is 0 Å². The Morgan fingerprint density at radius 3 is 2.67 bits per heavy atom. The lowest BCUT2D eigenvalue weighted by Gasteiger charge is -2.29. The molecule has 0 heterocycles. The van der Waals surface area contributed by atoms with Crippen LogP contribution in [-0.2, 0) is 4.79 Å². The first kappa shape index (κ1) is 14.4. The number of rotatable bonds is 5. The number of hydrogen-bond donors (Lipinski definition) is 2. The molecule has 0 aliphatic rings. The molecule has 0 fully saturated rings. The monoisotopic (exact) mass is 255 g/mol. The third-order valence-electron chi connectivity index (χ3n) is 2.70. The smallest absolute Gasteiger partial charge is 0.258 e. The van der Waals surface area contributed by atoms with Gasteiger partial charge in [-0.25, -0.2) is 4.39 Å². The number of carbonyl (C=O) groups is 1. The summed E-state index contributed by atoms with van der Waals surface area (Å²) in [5.41, 5.74) is -0.754. The van der Waals surface area contributed by atoms with Crippen LogP contribution in [0, 0.1) is 5.82 Å². The Morgan fingerprint density at radius 1 is 1.50 bits per heavy atom. The van der Waals surface area contributed by atoms with Crippen molar-refractivity contribution in [2.45, 2.75) is 32.4 Å². The van der Waals surface area contributed by atoms with Crippen molar-refractivity contribution in [3.63, 3.8) is 0 Å². The van der Waals surface area contributed by atoms with Gasteiger partial charge in [0.1, 0.15) is 0 Å². The van der Waals surface area contributed by atoms with Gasteiger partial charge in [-0.15, -0.1) is 0 Å². The van der Waals surface area contributed by atoms with Gasteiger partial charge in [-0.1, -0.05) is 12.1 Å². The van der Waals surface area contributed by atoms with E-state index in [1.807, 2.05) is 0 Å². The van der Waals surface area contributed by atoms with Gasteiger partial charge in [0.05, 0.1) is 11.6 Å². The second-order valence-electron chi connectivity index (χ2n) is 4.66. The van der Waals surface area contributed by atoms with Crippen molar-refractivity contribution in [2.24, 2.45) is 0 Å². The molecule has 2 N–H and O–H groups in total. The highest BCUT2D eigenvalue weighted by molar-refractivity contribution is 5.78. The van der Waals surface area contributed by atoms with E-state index in [-0.39, 0.29) is 12.4 Å². The largest absolute Gasteiger partial charge is 0.481 e. The molecular weight excluding hydrogens is 237 g/mol. The fourth-order valence-electron chi connectivity index (χ4n) is 1.20. The maximum atomic E-state index is 13.2. The van der Waals surface area contributed by atoms with Gasteiger partial charge in [0, 0.05) is 0 Å². The summed E-state index contributed by atoms with van der Waals surface area (Å²) in [7, 11) is 0. The summed E-state index contributed by atoms with van der Waals surface area (Å²) in [5, 5.41) is 12.1. The van der Waals surface area contributed by atoms with Crippen LogP contribution in [-0.4, -0.2) is 29.3 Å². The van der Waals surface area contributed by atoms with Crippen LogP contribution < -0.4 is 10.1 Å². The van der Waals surface area contributed by atoms with Crippen LogP contribution in [0.5, 0.6) is 5.75 Å². The lowest BCUT2D eigenvalue weighted by Crippen LogP contribution is -2.52. The minimum atomic E-state index is -0.754. The van der Waals surface area contributed by atoms with E-state index in [1.165, 1.54) is 12.1 Å². The average molecular weight is 255 g/mol. The van der Waals surface area contributed by atoms with E-state index in [2.05, 4.69) is 5.32 Å². The summed E-state index contributed by atoms with van der Waals surface area (Å²) < 4.78 is 18.3. The normalized spacial score (nSPS) is 12.9. The van der Waals surface area contributed by atoms with Gasteiger partial charge in [0.2, 0.25) is 0 Å². The Labute approximate surface area is 106 Å². The minimum Gasteiger partial charge on any atom is -0.481 e. The first-order chi connectivity index (χ1) is 8.33. The van der Waals surface area contributed by atoms with Crippen LogP contribution in [0.15, 0.2) is 24.3 Å². The molecule has 0 radical (unpaired) electrons. The Kier molecular flexibility index (Phi) is 4.67. The third-order valence-corrected chi connectivity index (χ3v) is 2.70. The number of halogens is 1. The molecule has 1 rings (SSSR count). The fourth-order valence-corrected chi connectivity index (χ4v) is 1.20. The highest BCUT2D eigenvalue weighted by Gasteiger charge is 2.26. The Hall–Kier alpha value is -1.62. The van der Waals surface area contributed by atoms with Gasteiger partial charge in [0.25, 0.3) is 5.91 Å². The molecule has 0 aromatic heterocycles. The highest BCUT2D eigenvalue weighted by atomic mass is 19.1. The van der Waals surface area contributed by atoms with Crippen molar-refractivity contribution in [3.05, 3.63) is 30.1 Å². The zero-order chi connectivity index (χ0) is 13.8. The van der Waals surface area contributed by atoms with Crippen LogP contribution in [0.2, 0.25) is 0 Å². The lowest BCUT2D eigenvalue weighted by molar-refractivity contribution is -0.126. The quantitative estimate of drug-likeness (QED) is 0.838. The SMILES string of the molecule is CC(O)C(C)(C)NC(=O)COc1ccccc1F. The maximum absolute atomic E-state index is 13.2. The second-order valence-corrected chi connectivity index (χ2v) is 4.66. The summed E-state index contributed by atoms with van der Waals surface area (Å²) in [5.74, 6) is -0.897. The molecule has 0 bridgehead atoms. The van der Waals surface area contributed by atoms with E-state index in [0.717, 1.165) is 0 Å². The van der Waals surface area contributed by atoms with E-state index >= 15 is 0 Å². The molecule has 1 aromatic carbocycles. The molecular formula is C13H18FNO3. The molecule has 1 aromatic rings. The molecule has 0 aliphatic carbocycles. The van der Waals surface area contributed by atoms with Gasteiger partial charge in [-0.2, -0.15) is 0 Å². The second kappa shape index (κ2) is 5.82. The molecule has 5 heteroatoms. The van der Waals surface area contributed by atoms with Crippen molar-refractivity contribution >= 4 is 5.91 Å². The minimum absolute atomic E-state index is 0.0301. The van der Waals surface area contributed by atoms with E-state index in [0.29, 0.717) is 0 Å². The van der Waals surface area contributed by atoms with Gasteiger partial charge in [-0.3, -0.25) is 4.79 Å². The van der Waals surface area contributed by atoms with Crippen LogP contribution in [0.4, 0.5) is 4.39 Å². The van der Waals surface area contributed by atoms with E-state index < -0.39 is 23.4 Å². The summed E-state index contributed by atoms with van der Waals surface area (Å²) in [6.07, 6.45) is -0.699. The van der Waals surface area contributed by atoms with E-state index in [1.54, 1.807) is 32.9 Å². The van der Waals surface area contributed by atoms with Crippen molar-refractivity contribution in [1.82, 2.24) is 5.32 Å². The molecule has 0 saturated carbocycles. The Balaban J connectivity index is 2.50. The predicted octanol–water partition coefficient (Wildman–Crippen LogP) is 1.48. The highest BCUT2D eigenvalue weighted by Crippen LogP contribution is 2.15. The maximum Gasteiger partial charge on any atom is 0.258 e. The molecule has 100 valence electrons. The Morgan fingerprint density at radius 2 is 2.11 bits per heavy atom. The molecule has 0 spiro atoms. The summed E-state index contributed by atoms with van der Waals surface area (Å²) >= 11 is 0. The zero-order valence-electron chi connectivity index (χ0n) is 10.7. The zero-order valence-corrected chi connectivity index (χ0v) is 10.7. The van der Waals surface area contributed by atoms with E-state index in [9.17, 15) is 14.3 Å². The van der Waals surface area contributed by atoms with E-state index in [4.69, 9.17) is 4.74 Å². The molecule has 0 saturated heterocycles. The summed E-state index contributed by atoms with van der Waals surface area (Å²) in [6.45, 7) is 4.67. The molecule has 0 aliphatic heterocycles. The lowest BCUT2D eigenvalue weighted by atomic mass is 9.99. The summed E-state index contributed by atoms with van der Waals surface area (Å²) in [6, 6.07) is 5.87. The van der Waals surface area contributed by atoms with Crippen LogP contribution >= 0.6 is 0 Å². The first-order valence-corrected chi connectivity index (χ1v) is 5.69. The predicted molar refractivity (Wildman–Crippen MR) is 65.8 cm³/mol. The standard InChI is InChI=1S/C13H18FNO3/c1-9(16)13(2,3)15-12(17)8-18-11-7-5-4-6-10(11)14/h4-7,9,16H,8H2,1-3H3,(H,15,17). The number of hydrogen-bond acceptors (Lipinski definition) is 3. The van der Waals surface area contributed by atoms with Crippen molar-refractivity contribution < 1.29 is 19.0 Å². The van der Waals surface area contributed by atoms with Crippen LogP contribution in [0.3, 0.4) is 0 Å². The topological polar surface area (TPSA) is 58.6 Å². The molecule has 1 atom stereocenters. The number of nitrogens with one attached hydrogen (secondary N) is 1. The van der Waals surface area contributed by atoms with Gasteiger partial charge in [-0.05, 0) is 32.9 Å². The van der Waals surface area contributed by atoms with Crippen molar-refractivity contribution in [2.75, 3.05) is 6.61 Å². The number of amides is 1. The van der Waals surface area contributed by atoms with Gasteiger partial charge >= 0.3 is 0 Å². The number of aliphatic hydroxyl groups is 1. The average Bonchev–Trinajstić information content (AvgIpc) is 2.27. The number of aliphatic hydroxyl groups excluding tert-OH is 1. The van der Waals surface area contributed by atoms with Gasteiger partial charge in [0.15, 0.2) is 18.2 Å². The number of carbonyl (C=O) groups excluding carboxylic acids is 1. The molecule has 1 unspecified atom stereocenters. The van der Waals surface area contributed by atoms with Crippen molar-refractivity contribution in [3.8, 4) is 5.75 Å². The molecule has 18 heavy (non-hydrogen) atoms. The number of ether oxygens (including phenoxy) is 1. The van der Waals surface area contributed by atoms with Crippen LogP contribution in [0.1, 0.15) is 20.8 Å². The third kappa shape index (κ3) is 4.00.